The second kappa shape index (κ2) is 11.4. The van der Waals surface area contributed by atoms with Gasteiger partial charge in [0, 0.05) is 52.1 Å². The maximum absolute atomic E-state index is 12.3. The van der Waals surface area contributed by atoms with Crippen molar-refractivity contribution in [2.75, 3.05) is 39.3 Å². The van der Waals surface area contributed by atoms with E-state index in [2.05, 4.69) is 17.1 Å². The van der Waals surface area contributed by atoms with Crippen molar-refractivity contribution in [1.29, 1.82) is 0 Å². The lowest BCUT2D eigenvalue weighted by Crippen LogP contribution is -2.48. The average molecular weight is 445 g/mol. The van der Waals surface area contributed by atoms with E-state index in [9.17, 15) is 4.79 Å². The van der Waals surface area contributed by atoms with Gasteiger partial charge >= 0.3 is 6.09 Å². The van der Waals surface area contributed by atoms with E-state index in [0.717, 1.165) is 76.7 Å². The van der Waals surface area contributed by atoms with Crippen LogP contribution < -0.4 is 10.1 Å². The van der Waals surface area contributed by atoms with Gasteiger partial charge in [0.1, 0.15) is 17.5 Å². The van der Waals surface area contributed by atoms with Crippen molar-refractivity contribution in [3.63, 3.8) is 0 Å². The van der Waals surface area contributed by atoms with Crippen molar-refractivity contribution in [1.82, 2.24) is 15.1 Å². The second-order valence-corrected chi connectivity index (χ2v) is 9.72. The number of amides is 1. The molecule has 1 aromatic rings. The number of para-hydroxylation sites is 1. The molecule has 1 N–H and O–H groups in total. The summed E-state index contributed by atoms with van der Waals surface area (Å²) < 4.78 is 11.6. The number of carbonyl (C=O) groups excluding carboxylic acids is 1. The molecule has 0 aromatic heterocycles. The first-order valence-corrected chi connectivity index (χ1v) is 12.1. The number of likely N-dealkylation sites (tertiary alicyclic amines) is 2. The molecule has 0 bridgehead atoms. The largest absolute Gasteiger partial charge is 0.490 e. The number of nitrogens with one attached hydrogen (secondary N) is 1. The molecule has 0 radical (unpaired) electrons. The zero-order chi connectivity index (χ0) is 23.0. The van der Waals surface area contributed by atoms with Crippen molar-refractivity contribution in [2.24, 2.45) is 10.9 Å². The molecule has 1 aromatic carbocycles. The molecular weight excluding hydrogens is 404 g/mol. The van der Waals surface area contributed by atoms with Gasteiger partial charge in [-0.2, -0.15) is 0 Å². The van der Waals surface area contributed by atoms with E-state index in [1.165, 1.54) is 0 Å². The topological polar surface area (TPSA) is 66.4 Å². The van der Waals surface area contributed by atoms with E-state index < -0.39 is 5.60 Å². The Morgan fingerprint density at radius 1 is 1.03 bits per heavy atom. The monoisotopic (exact) mass is 444 g/mol. The maximum atomic E-state index is 12.3. The number of nitrogens with zero attached hydrogens (tertiary/aromatic N) is 3. The van der Waals surface area contributed by atoms with Gasteiger partial charge in [-0.25, -0.2) is 4.79 Å². The lowest BCUT2D eigenvalue weighted by Gasteiger charge is -2.35. The molecule has 2 aliphatic heterocycles. The normalized spacial score (nSPS) is 19.1. The fraction of sp³-hybridized carbons (Fsp3) is 0.680. The van der Waals surface area contributed by atoms with Crippen LogP contribution in [0.15, 0.2) is 35.3 Å². The first-order chi connectivity index (χ1) is 15.3. The highest BCUT2D eigenvalue weighted by Gasteiger charge is 2.27. The van der Waals surface area contributed by atoms with E-state index in [0.29, 0.717) is 5.92 Å². The van der Waals surface area contributed by atoms with E-state index in [4.69, 9.17) is 14.5 Å². The van der Waals surface area contributed by atoms with Crippen molar-refractivity contribution in [2.45, 2.75) is 65.1 Å². The molecule has 0 spiro atoms. The third-order valence-electron chi connectivity index (χ3n) is 5.89. The van der Waals surface area contributed by atoms with Crippen LogP contribution in [0.2, 0.25) is 0 Å². The van der Waals surface area contributed by atoms with Gasteiger partial charge in [-0.1, -0.05) is 18.2 Å². The van der Waals surface area contributed by atoms with Crippen LogP contribution in [0.5, 0.6) is 5.75 Å². The van der Waals surface area contributed by atoms with E-state index in [-0.39, 0.29) is 12.2 Å². The van der Waals surface area contributed by atoms with E-state index in [1.54, 1.807) is 0 Å². The summed E-state index contributed by atoms with van der Waals surface area (Å²) in [4.78, 5) is 21.4. The SMILES string of the molecule is CCNC(=NCC1CCN(C(=O)OC(C)(C)C)CC1)N1CCC(Oc2ccccc2)CC1. The Bertz CT molecular complexity index is 731. The third kappa shape index (κ3) is 7.61. The fourth-order valence-corrected chi connectivity index (χ4v) is 4.14. The van der Waals surface area contributed by atoms with Crippen LogP contribution >= 0.6 is 0 Å². The minimum atomic E-state index is -0.446. The molecule has 7 heteroatoms. The molecule has 0 unspecified atom stereocenters. The summed E-state index contributed by atoms with van der Waals surface area (Å²) >= 11 is 0. The van der Waals surface area contributed by atoms with E-state index >= 15 is 0 Å². The molecule has 3 rings (SSSR count). The average Bonchev–Trinajstić information content (AvgIpc) is 2.77. The van der Waals surface area contributed by atoms with Crippen molar-refractivity contribution in [3.8, 4) is 5.75 Å². The van der Waals surface area contributed by atoms with Crippen LogP contribution in [0.4, 0.5) is 4.79 Å². The Kier molecular flexibility index (Phi) is 8.65. The number of guanidine groups is 1. The third-order valence-corrected chi connectivity index (χ3v) is 5.89. The van der Waals surface area contributed by atoms with Gasteiger partial charge in [-0.15, -0.1) is 0 Å². The quantitative estimate of drug-likeness (QED) is 0.546. The number of hydrogen-bond donors (Lipinski definition) is 1. The number of piperidine rings is 2. The van der Waals surface area contributed by atoms with Crippen LogP contribution in [0, 0.1) is 5.92 Å². The molecule has 32 heavy (non-hydrogen) atoms. The molecule has 0 aliphatic carbocycles. The van der Waals surface area contributed by atoms with Gasteiger partial charge in [-0.05, 0) is 58.6 Å². The highest BCUT2D eigenvalue weighted by molar-refractivity contribution is 5.80. The van der Waals surface area contributed by atoms with Crippen LogP contribution in [-0.2, 0) is 4.74 Å². The van der Waals surface area contributed by atoms with Gasteiger partial charge in [0.25, 0.3) is 0 Å². The minimum absolute atomic E-state index is 0.201. The zero-order valence-corrected chi connectivity index (χ0v) is 20.2. The first-order valence-electron chi connectivity index (χ1n) is 12.1. The number of hydrogen-bond acceptors (Lipinski definition) is 4. The van der Waals surface area contributed by atoms with Crippen molar-refractivity contribution in [3.05, 3.63) is 30.3 Å². The highest BCUT2D eigenvalue weighted by atomic mass is 16.6. The summed E-state index contributed by atoms with van der Waals surface area (Å²) in [6.45, 7) is 12.9. The molecular formula is C25H40N4O3. The molecule has 2 saturated heterocycles. The molecule has 2 aliphatic rings. The summed E-state index contributed by atoms with van der Waals surface area (Å²) in [7, 11) is 0. The Morgan fingerprint density at radius 3 is 2.25 bits per heavy atom. The Hall–Kier alpha value is -2.44. The van der Waals surface area contributed by atoms with Crippen LogP contribution in [-0.4, -0.2) is 72.8 Å². The Balaban J connectivity index is 1.45. The van der Waals surface area contributed by atoms with Gasteiger partial charge in [0.15, 0.2) is 5.96 Å². The standard InChI is InChI=1S/C25H40N4O3/c1-5-26-23(28-17-13-22(14-18-28)31-21-9-7-6-8-10-21)27-19-20-11-15-29(16-12-20)24(30)32-25(2,3)4/h6-10,20,22H,5,11-19H2,1-4H3,(H,26,27). The predicted octanol–water partition coefficient (Wildman–Crippen LogP) is 4.14. The molecule has 7 nitrogen and oxygen atoms in total. The summed E-state index contributed by atoms with van der Waals surface area (Å²) in [5, 5.41) is 3.46. The van der Waals surface area contributed by atoms with Crippen LogP contribution in [0.25, 0.3) is 0 Å². The van der Waals surface area contributed by atoms with Gasteiger partial charge in [0.05, 0.1) is 0 Å². The lowest BCUT2D eigenvalue weighted by atomic mass is 9.97. The number of benzene rings is 1. The maximum Gasteiger partial charge on any atom is 0.410 e. The molecule has 0 atom stereocenters. The minimum Gasteiger partial charge on any atom is -0.490 e. The first kappa shape index (κ1) is 24.2. The number of carbonyl (C=O) groups is 1. The zero-order valence-electron chi connectivity index (χ0n) is 20.2. The summed E-state index contributed by atoms with van der Waals surface area (Å²) in [6, 6.07) is 10.1. The van der Waals surface area contributed by atoms with Crippen molar-refractivity contribution >= 4 is 12.1 Å². The smallest absolute Gasteiger partial charge is 0.410 e. The molecule has 2 heterocycles. The van der Waals surface area contributed by atoms with Crippen LogP contribution in [0.1, 0.15) is 53.4 Å². The van der Waals surface area contributed by atoms with Crippen molar-refractivity contribution < 1.29 is 14.3 Å². The number of aliphatic imine (C=N–C) groups is 1. The molecule has 178 valence electrons. The number of rotatable bonds is 5. The summed E-state index contributed by atoms with van der Waals surface area (Å²) in [5.74, 6) is 2.45. The highest BCUT2D eigenvalue weighted by Crippen LogP contribution is 2.21. The van der Waals surface area contributed by atoms with Gasteiger partial charge in [-0.3, -0.25) is 4.99 Å². The summed E-state index contributed by atoms with van der Waals surface area (Å²) in [5.41, 5.74) is -0.446. The molecule has 1 amide bonds. The molecule has 2 fully saturated rings. The molecule has 0 saturated carbocycles. The number of ether oxygens (including phenoxy) is 2. The van der Waals surface area contributed by atoms with Gasteiger partial charge < -0.3 is 24.6 Å². The van der Waals surface area contributed by atoms with Crippen LogP contribution in [0.3, 0.4) is 0 Å². The predicted molar refractivity (Wildman–Crippen MR) is 128 cm³/mol. The fourth-order valence-electron chi connectivity index (χ4n) is 4.14. The lowest BCUT2D eigenvalue weighted by molar-refractivity contribution is 0.0186. The van der Waals surface area contributed by atoms with E-state index in [1.807, 2.05) is 56.0 Å². The summed E-state index contributed by atoms with van der Waals surface area (Å²) in [6.07, 6.45) is 3.98. The Morgan fingerprint density at radius 2 is 1.66 bits per heavy atom. The Labute approximate surface area is 193 Å². The second-order valence-electron chi connectivity index (χ2n) is 9.72. The van der Waals surface area contributed by atoms with Gasteiger partial charge in [0.2, 0.25) is 0 Å².